The number of para-hydroxylation sites is 2. The standard InChI is InChI=1S/C21H24N4O2/c1-4-14-25-19(23-18-13-9-8-12-17(18)20(25)26)15(2)24(3)21(27)22-16-10-6-5-7-11-16/h5-13,15H,4,14H2,1-3H3,(H,22,27). The molecule has 27 heavy (non-hydrogen) atoms. The Hall–Kier alpha value is -3.15. The molecule has 1 atom stereocenters. The van der Waals surface area contributed by atoms with Gasteiger partial charge in [-0.25, -0.2) is 9.78 Å². The van der Waals surface area contributed by atoms with Crippen LogP contribution in [0.25, 0.3) is 10.9 Å². The predicted octanol–water partition coefficient (Wildman–Crippen LogP) is 4.03. The summed E-state index contributed by atoms with van der Waals surface area (Å²) in [6, 6.07) is 16.0. The number of hydrogen-bond acceptors (Lipinski definition) is 3. The molecule has 0 radical (unpaired) electrons. The van der Waals surface area contributed by atoms with Crippen LogP contribution in [-0.2, 0) is 6.54 Å². The van der Waals surface area contributed by atoms with Crippen molar-refractivity contribution in [2.24, 2.45) is 0 Å². The summed E-state index contributed by atoms with van der Waals surface area (Å²) in [7, 11) is 1.71. The van der Waals surface area contributed by atoms with Crippen LogP contribution >= 0.6 is 0 Å². The fraction of sp³-hybridized carbons (Fsp3) is 0.286. The second-order valence-electron chi connectivity index (χ2n) is 6.53. The van der Waals surface area contributed by atoms with Gasteiger partial charge in [0.25, 0.3) is 5.56 Å². The first-order valence-corrected chi connectivity index (χ1v) is 9.11. The topological polar surface area (TPSA) is 67.2 Å². The molecule has 0 aliphatic rings. The smallest absolute Gasteiger partial charge is 0.318 e. The molecule has 0 aliphatic heterocycles. The van der Waals surface area contributed by atoms with Gasteiger partial charge in [-0.3, -0.25) is 9.36 Å². The van der Waals surface area contributed by atoms with E-state index >= 15 is 0 Å². The van der Waals surface area contributed by atoms with Crippen molar-refractivity contribution in [3.05, 3.63) is 70.8 Å². The van der Waals surface area contributed by atoms with E-state index in [-0.39, 0.29) is 17.6 Å². The molecule has 6 nitrogen and oxygen atoms in total. The summed E-state index contributed by atoms with van der Waals surface area (Å²) < 4.78 is 1.68. The van der Waals surface area contributed by atoms with Crippen LogP contribution in [0, 0.1) is 0 Å². The van der Waals surface area contributed by atoms with E-state index in [2.05, 4.69) is 5.32 Å². The highest BCUT2D eigenvalue weighted by atomic mass is 16.2. The number of carbonyl (C=O) groups excluding carboxylic acids is 1. The van der Waals surface area contributed by atoms with Gasteiger partial charge in [0.1, 0.15) is 5.82 Å². The third-order valence-corrected chi connectivity index (χ3v) is 4.64. The zero-order valence-electron chi connectivity index (χ0n) is 15.8. The van der Waals surface area contributed by atoms with Crippen LogP contribution < -0.4 is 10.9 Å². The minimum atomic E-state index is -0.363. The Bertz CT molecular complexity index is 998. The fourth-order valence-corrected chi connectivity index (χ4v) is 3.03. The Morgan fingerprint density at radius 1 is 1.15 bits per heavy atom. The van der Waals surface area contributed by atoms with Gasteiger partial charge in [-0.2, -0.15) is 0 Å². The Balaban J connectivity index is 1.96. The maximum atomic E-state index is 12.9. The van der Waals surface area contributed by atoms with Crippen molar-refractivity contribution in [1.29, 1.82) is 0 Å². The van der Waals surface area contributed by atoms with E-state index in [0.717, 1.165) is 12.1 Å². The summed E-state index contributed by atoms with van der Waals surface area (Å²) in [6.07, 6.45) is 0.805. The molecular formula is C21H24N4O2. The van der Waals surface area contributed by atoms with E-state index in [1.54, 1.807) is 22.6 Å². The van der Waals surface area contributed by atoms with Gasteiger partial charge in [0.2, 0.25) is 0 Å². The highest BCUT2D eigenvalue weighted by molar-refractivity contribution is 5.89. The SMILES string of the molecule is CCCn1c(C(C)N(C)C(=O)Nc2ccccc2)nc2ccccc2c1=O. The van der Waals surface area contributed by atoms with E-state index < -0.39 is 0 Å². The minimum Gasteiger partial charge on any atom is -0.318 e. The number of rotatable bonds is 5. The van der Waals surface area contributed by atoms with Crippen molar-refractivity contribution in [1.82, 2.24) is 14.5 Å². The van der Waals surface area contributed by atoms with Gasteiger partial charge in [-0.1, -0.05) is 37.3 Å². The summed E-state index contributed by atoms with van der Waals surface area (Å²) in [5.41, 5.74) is 1.30. The molecule has 0 spiro atoms. The van der Waals surface area contributed by atoms with Crippen molar-refractivity contribution in [2.45, 2.75) is 32.9 Å². The van der Waals surface area contributed by atoms with Crippen LogP contribution in [-0.4, -0.2) is 27.5 Å². The lowest BCUT2D eigenvalue weighted by molar-refractivity contribution is 0.204. The lowest BCUT2D eigenvalue weighted by Gasteiger charge is -2.27. The van der Waals surface area contributed by atoms with E-state index in [1.807, 2.05) is 62.4 Å². The summed E-state index contributed by atoms with van der Waals surface area (Å²) in [6.45, 7) is 4.46. The number of aromatic nitrogens is 2. The molecule has 2 aromatic carbocycles. The molecule has 2 amide bonds. The van der Waals surface area contributed by atoms with Gasteiger partial charge >= 0.3 is 6.03 Å². The first kappa shape index (κ1) is 18.6. The van der Waals surface area contributed by atoms with Gasteiger partial charge in [0.15, 0.2) is 0 Å². The average Bonchev–Trinajstić information content (AvgIpc) is 2.69. The van der Waals surface area contributed by atoms with Crippen molar-refractivity contribution in [3.8, 4) is 0 Å². The Morgan fingerprint density at radius 3 is 2.52 bits per heavy atom. The van der Waals surface area contributed by atoms with Crippen molar-refractivity contribution in [2.75, 3.05) is 12.4 Å². The quantitative estimate of drug-likeness (QED) is 0.743. The van der Waals surface area contributed by atoms with Gasteiger partial charge in [0.05, 0.1) is 16.9 Å². The monoisotopic (exact) mass is 364 g/mol. The molecule has 1 unspecified atom stereocenters. The second-order valence-corrected chi connectivity index (χ2v) is 6.53. The summed E-state index contributed by atoms with van der Waals surface area (Å²) in [5, 5.41) is 3.46. The van der Waals surface area contributed by atoms with Crippen LogP contribution in [0.1, 0.15) is 32.1 Å². The molecular weight excluding hydrogens is 340 g/mol. The van der Waals surface area contributed by atoms with Crippen LogP contribution in [0.15, 0.2) is 59.4 Å². The zero-order chi connectivity index (χ0) is 19.4. The molecule has 140 valence electrons. The van der Waals surface area contributed by atoms with Crippen molar-refractivity contribution >= 4 is 22.6 Å². The Morgan fingerprint density at radius 2 is 1.81 bits per heavy atom. The number of amides is 2. The van der Waals surface area contributed by atoms with E-state index in [4.69, 9.17) is 4.98 Å². The third kappa shape index (κ3) is 3.84. The number of urea groups is 1. The number of benzene rings is 2. The average molecular weight is 364 g/mol. The Labute approximate surface area is 158 Å². The molecule has 1 N–H and O–H groups in total. The number of fused-ring (bicyclic) bond motifs is 1. The maximum absolute atomic E-state index is 12.9. The molecule has 3 aromatic rings. The molecule has 0 saturated heterocycles. The van der Waals surface area contributed by atoms with Crippen LogP contribution in [0.4, 0.5) is 10.5 Å². The number of carbonyl (C=O) groups is 1. The van der Waals surface area contributed by atoms with Crippen molar-refractivity contribution in [3.63, 3.8) is 0 Å². The van der Waals surface area contributed by atoms with Crippen molar-refractivity contribution < 1.29 is 4.79 Å². The van der Waals surface area contributed by atoms with Gasteiger partial charge < -0.3 is 10.2 Å². The largest absolute Gasteiger partial charge is 0.322 e. The first-order chi connectivity index (χ1) is 13.0. The summed E-state index contributed by atoms with van der Waals surface area (Å²) >= 11 is 0. The molecule has 1 heterocycles. The van der Waals surface area contributed by atoms with Gasteiger partial charge in [-0.05, 0) is 37.6 Å². The number of nitrogens with one attached hydrogen (secondary N) is 1. The fourth-order valence-electron chi connectivity index (χ4n) is 3.03. The minimum absolute atomic E-state index is 0.0684. The van der Waals surface area contributed by atoms with Crippen LogP contribution in [0.5, 0.6) is 0 Å². The number of hydrogen-bond donors (Lipinski definition) is 1. The number of anilines is 1. The third-order valence-electron chi connectivity index (χ3n) is 4.64. The van der Waals surface area contributed by atoms with E-state index in [9.17, 15) is 9.59 Å². The highest BCUT2D eigenvalue weighted by Gasteiger charge is 2.23. The molecule has 0 bridgehead atoms. The molecule has 1 aromatic heterocycles. The highest BCUT2D eigenvalue weighted by Crippen LogP contribution is 2.20. The van der Waals surface area contributed by atoms with Crippen LogP contribution in [0.3, 0.4) is 0 Å². The maximum Gasteiger partial charge on any atom is 0.322 e. The Kier molecular flexibility index (Phi) is 5.54. The second kappa shape index (κ2) is 8.03. The van der Waals surface area contributed by atoms with E-state index in [1.165, 1.54) is 0 Å². The van der Waals surface area contributed by atoms with Gasteiger partial charge in [0, 0.05) is 19.3 Å². The van der Waals surface area contributed by atoms with Crippen LogP contribution in [0.2, 0.25) is 0 Å². The lowest BCUT2D eigenvalue weighted by Crippen LogP contribution is -2.37. The zero-order valence-corrected chi connectivity index (χ0v) is 15.8. The predicted molar refractivity (Wildman–Crippen MR) is 108 cm³/mol. The first-order valence-electron chi connectivity index (χ1n) is 9.11. The van der Waals surface area contributed by atoms with E-state index in [0.29, 0.717) is 23.3 Å². The lowest BCUT2D eigenvalue weighted by atomic mass is 10.2. The van der Waals surface area contributed by atoms with Gasteiger partial charge in [-0.15, -0.1) is 0 Å². The molecule has 3 rings (SSSR count). The molecule has 0 saturated carbocycles. The molecule has 0 fully saturated rings. The normalized spacial score (nSPS) is 12.0. The molecule has 6 heteroatoms. The molecule has 0 aliphatic carbocycles. The number of nitrogens with zero attached hydrogens (tertiary/aromatic N) is 3. The summed E-state index contributed by atoms with van der Waals surface area (Å²) in [4.78, 5) is 31.8. The summed E-state index contributed by atoms with van der Waals surface area (Å²) in [5.74, 6) is 0.589.